The molecule has 0 fully saturated rings. The van der Waals surface area contributed by atoms with E-state index in [2.05, 4.69) is 14.7 Å². The van der Waals surface area contributed by atoms with E-state index in [-0.39, 0.29) is 12.2 Å². The molecule has 0 spiro atoms. The summed E-state index contributed by atoms with van der Waals surface area (Å²) in [6, 6.07) is 8.33. The van der Waals surface area contributed by atoms with Gasteiger partial charge in [0.15, 0.2) is 5.82 Å². The number of ether oxygens (including phenoxy) is 1. The number of nitrogens with one attached hydrogen (secondary N) is 1. The molecule has 0 unspecified atom stereocenters. The molecule has 0 aliphatic heterocycles. The highest BCUT2D eigenvalue weighted by Gasteiger charge is 2.18. The molecule has 8 nitrogen and oxygen atoms in total. The molecule has 1 aromatic carbocycles. The lowest BCUT2D eigenvalue weighted by Gasteiger charge is -2.01. The molecule has 1 amide bonds. The van der Waals surface area contributed by atoms with Crippen LogP contribution in [-0.4, -0.2) is 34.1 Å². The number of amides is 1. The highest BCUT2D eigenvalue weighted by molar-refractivity contribution is 7.09. The van der Waals surface area contributed by atoms with Crippen LogP contribution >= 0.6 is 11.5 Å². The highest BCUT2D eigenvalue weighted by atomic mass is 32.1. The van der Waals surface area contributed by atoms with Crippen molar-refractivity contribution in [2.45, 2.75) is 20.3 Å². The predicted octanol–water partition coefficient (Wildman–Crippen LogP) is 3.28. The van der Waals surface area contributed by atoms with Gasteiger partial charge in [0.05, 0.1) is 24.7 Å². The lowest BCUT2D eigenvalue weighted by Crippen LogP contribution is -2.12. The first kappa shape index (κ1) is 19.4. The molecule has 0 saturated heterocycles. The minimum Gasteiger partial charge on any atom is -0.465 e. The van der Waals surface area contributed by atoms with Crippen LogP contribution in [0.1, 0.15) is 39.2 Å². The molecule has 0 aliphatic rings. The van der Waals surface area contributed by atoms with Crippen molar-refractivity contribution in [3.8, 4) is 11.3 Å². The molecule has 144 valence electrons. The molecular weight excluding hydrogens is 382 g/mol. The number of esters is 1. The zero-order valence-corrected chi connectivity index (χ0v) is 16.3. The van der Waals surface area contributed by atoms with E-state index in [0.717, 1.165) is 11.5 Å². The van der Waals surface area contributed by atoms with E-state index in [0.29, 0.717) is 39.2 Å². The summed E-state index contributed by atoms with van der Waals surface area (Å²) in [5.41, 5.74) is 1.36. The maximum absolute atomic E-state index is 12.6. The summed E-state index contributed by atoms with van der Waals surface area (Å²) in [6.07, 6.45) is 0.123. The minimum absolute atomic E-state index is 0.0554. The monoisotopic (exact) mass is 399 g/mol. The summed E-state index contributed by atoms with van der Waals surface area (Å²) < 4.78 is 14.5. The second-order valence-electron chi connectivity index (χ2n) is 6.00. The number of hydrogen-bond acceptors (Lipinski definition) is 8. The third-order valence-corrected chi connectivity index (χ3v) is 4.49. The molecule has 28 heavy (non-hydrogen) atoms. The Morgan fingerprint density at radius 1 is 1.25 bits per heavy atom. The Kier molecular flexibility index (Phi) is 5.65. The number of Topliss-reactive ketones (excluding diaryl/α,β-unsaturated/α-hetero) is 1. The fraction of sp³-hybridized carbons (Fsp3) is 0.211. The SMILES string of the molecule is COC(=O)c1cccc(-c2cc(C(=O)Nc3nc(CC(C)=O)ns3)c(C)o2)c1. The average Bonchev–Trinajstić information content (AvgIpc) is 3.27. The third kappa shape index (κ3) is 4.32. The highest BCUT2D eigenvalue weighted by Crippen LogP contribution is 2.27. The fourth-order valence-corrected chi connectivity index (χ4v) is 3.11. The van der Waals surface area contributed by atoms with Crippen LogP contribution in [-0.2, 0) is 16.0 Å². The Morgan fingerprint density at radius 2 is 2.04 bits per heavy atom. The number of nitrogens with zero attached hydrogens (tertiary/aromatic N) is 2. The van der Waals surface area contributed by atoms with Gasteiger partial charge in [-0.15, -0.1) is 0 Å². The van der Waals surface area contributed by atoms with E-state index in [1.807, 2.05) is 0 Å². The van der Waals surface area contributed by atoms with Gasteiger partial charge in [0.1, 0.15) is 17.3 Å². The van der Waals surface area contributed by atoms with Crippen LogP contribution in [0.3, 0.4) is 0 Å². The van der Waals surface area contributed by atoms with E-state index < -0.39 is 11.9 Å². The number of furan rings is 1. The maximum Gasteiger partial charge on any atom is 0.337 e. The molecular formula is C19H17N3O5S. The van der Waals surface area contributed by atoms with Crippen molar-refractivity contribution in [1.82, 2.24) is 9.36 Å². The van der Waals surface area contributed by atoms with Gasteiger partial charge in [-0.25, -0.2) is 9.78 Å². The van der Waals surface area contributed by atoms with Gasteiger partial charge < -0.3 is 9.15 Å². The molecule has 2 heterocycles. The van der Waals surface area contributed by atoms with Crippen LogP contribution < -0.4 is 5.32 Å². The van der Waals surface area contributed by atoms with E-state index >= 15 is 0 Å². The standard InChI is InChI=1S/C19H17N3O5S/c1-10(23)7-16-20-19(28-22-16)21-17(24)14-9-15(27-11(14)2)12-5-4-6-13(8-12)18(25)26-3/h4-6,8-9H,7H2,1-3H3,(H,20,21,22,24). The summed E-state index contributed by atoms with van der Waals surface area (Å²) >= 11 is 1.00. The Morgan fingerprint density at radius 3 is 2.75 bits per heavy atom. The quantitative estimate of drug-likeness (QED) is 0.633. The first-order chi connectivity index (χ1) is 13.4. The zero-order valence-electron chi connectivity index (χ0n) is 15.4. The van der Waals surface area contributed by atoms with Crippen LogP contribution in [0.5, 0.6) is 0 Å². The number of benzene rings is 1. The number of carbonyl (C=O) groups excluding carboxylic acids is 3. The molecule has 0 bridgehead atoms. The molecule has 1 N–H and O–H groups in total. The molecule has 0 atom stereocenters. The molecule has 0 aliphatic carbocycles. The van der Waals surface area contributed by atoms with Crippen molar-refractivity contribution in [3.63, 3.8) is 0 Å². The van der Waals surface area contributed by atoms with E-state index in [4.69, 9.17) is 9.15 Å². The van der Waals surface area contributed by atoms with Crippen LogP contribution in [0.4, 0.5) is 5.13 Å². The number of rotatable bonds is 6. The van der Waals surface area contributed by atoms with Crippen molar-refractivity contribution >= 4 is 34.3 Å². The predicted molar refractivity (Wildman–Crippen MR) is 102 cm³/mol. The van der Waals surface area contributed by atoms with Gasteiger partial charge in [-0.05, 0) is 32.0 Å². The molecule has 2 aromatic heterocycles. The van der Waals surface area contributed by atoms with E-state index in [9.17, 15) is 14.4 Å². The Balaban J connectivity index is 1.80. The molecule has 0 saturated carbocycles. The van der Waals surface area contributed by atoms with Gasteiger partial charge in [-0.2, -0.15) is 4.37 Å². The smallest absolute Gasteiger partial charge is 0.337 e. The van der Waals surface area contributed by atoms with Gasteiger partial charge in [-0.1, -0.05) is 12.1 Å². The normalized spacial score (nSPS) is 10.5. The topological polar surface area (TPSA) is 111 Å². The van der Waals surface area contributed by atoms with Crippen molar-refractivity contribution in [2.75, 3.05) is 12.4 Å². The second kappa shape index (κ2) is 8.13. The first-order valence-electron chi connectivity index (χ1n) is 8.30. The van der Waals surface area contributed by atoms with Gasteiger partial charge in [0.25, 0.3) is 5.91 Å². The fourth-order valence-electron chi connectivity index (χ4n) is 2.53. The molecule has 3 rings (SSSR count). The van der Waals surface area contributed by atoms with Crippen molar-refractivity contribution < 1.29 is 23.5 Å². The Hall–Kier alpha value is -3.33. The Labute approximate surface area is 164 Å². The lowest BCUT2D eigenvalue weighted by atomic mass is 10.1. The zero-order chi connectivity index (χ0) is 20.3. The van der Waals surface area contributed by atoms with Crippen LogP contribution in [0.2, 0.25) is 0 Å². The van der Waals surface area contributed by atoms with Crippen molar-refractivity contribution in [1.29, 1.82) is 0 Å². The van der Waals surface area contributed by atoms with Crippen LogP contribution in [0.15, 0.2) is 34.7 Å². The number of aryl methyl sites for hydroxylation is 1. The van der Waals surface area contributed by atoms with Crippen LogP contribution in [0, 0.1) is 6.92 Å². The number of ketones is 1. The third-order valence-electron chi connectivity index (χ3n) is 3.83. The summed E-state index contributed by atoms with van der Waals surface area (Å²) in [5, 5.41) is 2.96. The average molecular weight is 399 g/mol. The second-order valence-corrected chi connectivity index (χ2v) is 6.75. The van der Waals surface area contributed by atoms with Crippen LogP contribution in [0.25, 0.3) is 11.3 Å². The lowest BCUT2D eigenvalue weighted by molar-refractivity contribution is -0.116. The number of hydrogen-bond donors (Lipinski definition) is 1. The number of methoxy groups -OCH3 is 1. The van der Waals surface area contributed by atoms with Gasteiger partial charge in [0, 0.05) is 17.1 Å². The summed E-state index contributed by atoms with van der Waals surface area (Å²) in [7, 11) is 1.31. The van der Waals surface area contributed by atoms with Crippen molar-refractivity contribution in [3.05, 3.63) is 53.0 Å². The van der Waals surface area contributed by atoms with Gasteiger partial charge in [-0.3, -0.25) is 14.9 Å². The van der Waals surface area contributed by atoms with Crippen molar-refractivity contribution in [2.24, 2.45) is 0 Å². The largest absolute Gasteiger partial charge is 0.465 e. The molecule has 0 radical (unpaired) electrons. The summed E-state index contributed by atoms with van der Waals surface area (Å²) in [4.78, 5) is 39.5. The van der Waals surface area contributed by atoms with E-state index in [1.165, 1.54) is 14.0 Å². The Bertz CT molecular complexity index is 1050. The maximum atomic E-state index is 12.6. The first-order valence-corrected chi connectivity index (χ1v) is 9.07. The molecule has 3 aromatic rings. The summed E-state index contributed by atoms with van der Waals surface area (Å²) in [5.74, 6) is 0.326. The van der Waals surface area contributed by atoms with E-state index in [1.54, 1.807) is 37.3 Å². The number of aromatic nitrogens is 2. The van der Waals surface area contributed by atoms with Gasteiger partial charge >= 0.3 is 5.97 Å². The minimum atomic E-state index is -0.458. The number of anilines is 1. The number of carbonyl (C=O) groups is 3. The summed E-state index contributed by atoms with van der Waals surface area (Å²) in [6.45, 7) is 3.12. The van der Waals surface area contributed by atoms with Gasteiger partial charge in [0.2, 0.25) is 5.13 Å². The molecule has 9 heteroatoms.